The summed E-state index contributed by atoms with van der Waals surface area (Å²) < 4.78 is 2.09. The van der Waals surface area contributed by atoms with E-state index in [1.54, 1.807) is 24.0 Å². The van der Waals surface area contributed by atoms with E-state index in [4.69, 9.17) is 23.2 Å². The molecule has 1 fully saturated rings. The predicted octanol–water partition coefficient (Wildman–Crippen LogP) is 4.86. The van der Waals surface area contributed by atoms with E-state index in [0.717, 1.165) is 41.2 Å². The standard InChI is InChI=1S/C18H17Cl2N5S/c19-14-4-3-5-15(10-14)25-17(24-8-1-2-9-24)22-23-18(25)26-12-13-6-7-16(20)21-11-13/h3-7,10-11H,1-2,8-9,12H2. The van der Waals surface area contributed by atoms with Gasteiger partial charge in [-0.3, -0.25) is 4.57 Å². The van der Waals surface area contributed by atoms with Gasteiger partial charge in [-0.05, 0) is 42.7 Å². The van der Waals surface area contributed by atoms with Crippen molar-refractivity contribution in [3.05, 3.63) is 58.3 Å². The number of aromatic nitrogens is 4. The van der Waals surface area contributed by atoms with Crippen LogP contribution in [0.2, 0.25) is 10.2 Å². The van der Waals surface area contributed by atoms with Crippen LogP contribution in [0.15, 0.2) is 47.8 Å². The summed E-state index contributed by atoms with van der Waals surface area (Å²) in [5.41, 5.74) is 2.06. The highest BCUT2D eigenvalue weighted by Gasteiger charge is 2.22. The third kappa shape index (κ3) is 3.82. The third-order valence-corrected chi connectivity index (χ3v) is 5.69. The van der Waals surface area contributed by atoms with Crippen LogP contribution in [0.5, 0.6) is 0 Å². The Bertz CT molecular complexity index is 891. The van der Waals surface area contributed by atoms with E-state index in [1.807, 2.05) is 30.3 Å². The summed E-state index contributed by atoms with van der Waals surface area (Å²) in [7, 11) is 0. The van der Waals surface area contributed by atoms with Gasteiger partial charge in [-0.25, -0.2) is 4.98 Å². The fourth-order valence-electron chi connectivity index (χ4n) is 2.96. The molecule has 26 heavy (non-hydrogen) atoms. The molecule has 3 aromatic rings. The van der Waals surface area contributed by atoms with E-state index < -0.39 is 0 Å². The molecule has 1 saturated heterocycles. The van der Waals surface area contributed by atoms with Crippen LogP contribution in [0, 0.1) is 0 Å². The van der Waals surface area contributed by atoms with E-state index in [0.29, 0.717) is 10.2 Å². The fourth-order valence-corrected chi connectivity index (χ4v) is 4.14. The first-order chi connectivity index (χ1) is 12.7. The van der Waals surface area contributed by atoms with Crippen molar-refractivity contribution in [2.45, 2.75) is 23.8 Å². The number of pyridine rings is 1. The molecule has 0 saturated carbocycles. The summed E-state index contributed by atoms with van der Waals surface area (Å²) in [6, 6.07) is 11.6. The number of hydrogen-bond acceptors (Lipinski definition) is 5. The first-order valence-electron chi connectivity index (χ1n) is 8.40. The molecule has 1 aromatic carbocycles. The molecule has 0 amide bonds. The van der Waals surface area contributed by atoms with Gasteiger partial charge in [0.05, 0.1) is 5.69 Å². The van der Waals surface area contributed by atoms with Crippen LogP contribution >= 0.6 is 35.0 Å². The van der Waals surface area contributed by atoms with Gasteiger partial charge in [0.1, 0.15) is 5.15 Å². The number of nitrogens with zero attached hydrogens (tertiary/aromatic N) is 5. The van der Waals surface area contributed by atoms with Crippen molar-refractivity contribution in [3.63, 3.8) is 0 Å². The molecule has 0 bridgehead atoms. The second-order valence-corrected chi connectivity index (χ2v) is 7.84. The van der Waals surface area contributed by atoms with Crippen molar-refractivity contribution < 1.29 is 0 Å². The van der Waals surface area contributed by atoms with Crippen molar-refractivity contribution in [2.24, 2.45) is 0 Å². The van der Waals surface area contributed by atoms with E-state index >= 15 is 0 Å². The molecular formula is C18H17Cl2N5S. The van der Waals surface area contributed by atoms with Gasteiger partial charge in [-0.1, -0.05) is 47.1 Å². The van der Waals surface area contributed by atoms with Crippen LogP contribution in [-0.4, -0.2) is 32.8 Å². The number of hydrogen-bond donors (Lipinski definition) is 0. The van der Waals surface area contributed by atoms with Gasteiger partial charge in [-0.15, -0.1) is 10.2 Å². The first kappa shape index (κ1) is 17.6. The highest BCUT2D eigenvalue weighted by Crippen LogP contribution is 2.31. The maximum Gasteiger partial charge on any atom is 0.232 e. The lowest BCUT2D eigenvalue weighted by Gasteiger charge is -2.18. The summed E-state index contributed by atoms with van der Waals surface area (Å²) in [5.74, 6) is 1.62. The number of rotatable bonds is 5. The molecule has 1 aliphatic heterocycles. The van der Waals surface area contributed by atoms with Crippen molar-refractivity contribution >= 4 is 40.9 Å². The molecule has 3 heterocycles. The van der Waals surface area contributed by atoms with Crippen LogP contribution in [0.3, 0.4) is 0 Å². The number of thioether (sulfide) groups is 1. The molecule has 1 aliphatic rings. The van der Waals surface area contributed by atoms with Gasteiger partial charge in [0.25, 0.3) is 0 Å². The molecule has 8 heteroatoms. The minimum absolute atomic E-state index is 0.497. The summed E-state index contributed by atoms with van der Waals surface area (Å²) in [6.45, 7) is 2.01. The van der Waals surface area contributed by atoms with Gasteiger partial charge in [0.15, 0.2) is 5.16 Å². The van der Waals surface area contributed by atoms with Crippen molar-refractivity contribution in [1.29, 1.82) is 0 Å². The quantitative estimate of drug-likeness (QED) is 0.447. The zero-order valence-corrected chi connectivity index (χ0v) is 16.3. The predicted molar refractivity (Wildman–Crippen MR) is 107 cm³/mol. The maximum atomic E-state index is 6.22. The smallest absolute Gasteiger partial charge is 0.232 e. The molecule has 0 unspecified atom stereocenters. The highest BCUT2D eigenvalue weighted by atomic mass is 35.5. The molecule has 2 aromatic heterocycles. The second-order valence-electron chi connectivity index (χ2n) is 6.07. The van der Waals surface area contributed by atoms with E-state index in [9.17, 15) is 0 Å². The fraction of sp³-hybridized carbons (Fsp3) is 0.278. The van der Waals surface area contributed by atoms with Crippen LogP contribution in [-0.2, 0) is 5.75 Å². The van der Waals surface area contributed by atoms with Crippen LogP contribution in [0.4, 0.5) is 5.95 Å². The molecule has 0 spiro atoms. The van der Waals surface area contributed by atoms with Gasteiger partial charge in [-0.2, -0.15) is 0 Å². The Morgan fingerprint density at radius 2 is 1.88 bits per heavy atom. The van der Waals surface area contributed by atoms with E-state index in [2.05, 4.69) is 24.6 Å². The molecule has 134 valence electrons. The number of benzene rings is 1. The van der Waals surface area contributed by atoms with Crippen molar-refractivity contribution in [2.75, 3.05) is 18.0 Å². The maximum absolute atomic E-state index is 6.22. The van der Waals surface area contributed by atoms with Crippen molar-refractivity contribution in [1.82, 2.24) is 19.7 Å². The summed E-state index contributed by atoms with van der Waals surface area (Å²) >= 11 is 13.7. The largest absolute Gasteiger partial charge is 0.341 e. The van der Waals surface area contributed by atoms with E-state index in [-0.39, 0.29) is 0 Å². The van der Waals surface area contributed by atoms with E-state index in [1.165, 1.54) is 12.8 Å². The number of halogens is 2. The normalized spacial score (nSPS) is 14.2. The molecule has 0 N–H and O–H groups in total. The Morgan fingerprint density at radius 1 is 1.04 bits per heavy atom. The highest BCUT2D eigenvalue weighted by molar-refractivity contribution is 7.98. The minimum Gasteiger partial charge on any atom is -0.341 e. The monoisotopic (exact) mass is 405 g/mol. The van der Waals surface area contributed by atoms with Crippen LogP contribution in [0.1, 0.15) is 18.4 Å². The summed E-state index contributed by atoms with van der Waals surface area (Å²) in [6.07, 6.45) is 4.15. The third-order valence-electron chi connectivity index (χ3n) is 4.23. The lowest BCUT2D eigenvalue weighted by atomic mass is 10.3. The Hall–Kier alpha value is -1.76. The SMILES string of the molecule is Clc1cccc(-n2c(SCc3ccc(Cl)nc3)nnc2N2CCCC2)c1. The minimum atomic E-state index is 0.497. The Labute approximate surface area is 166 Å². The molecular weight excluding hydrogens is 389 g/mol. The molecule has 0 radical (unpaired) electrons. The van der Waals surface area contributed by atoms with Gasteiger partial charge < -0.3 is 4.90 Å². The summed E-state index contributed by atoms with van der Waals surface area (Å²) in [5, 5.41) is 10.9. The lowest BCUT2D eigenvalue weighted by molar-refractivity contribution is 0.841. The molecule has 4 rings (SSSR count). The molecule has 0 atom stereocenters. The van der Waals surface area contributed by atoms with Gasteiger partial charge in [0.2, 0.25) is 5.95 Å². The first-order valence-corrected chi connectivity index (χ1v) is 10.1. The average Bonchev–Trinajstić information content (AvgIpc) is 3.30. The summed E-state index contributed by atoms with van der Waals surface area (Å²) in [4.78, 5) is 6.41. The Morgan fingerprint density at radius 3 is 2.62 bits per heavy atom. The lowest BCUT2D eigenvalue weighted by Crippen LogP contribution is -2.22. The zero-order chi connectivity index (χ0) is 17.9. The molecule has 0 aliphatic carbocycles. The molecule has 5 nitrogen and oxygen atoms in total. The Balaban J connectivity index is 1.66. The topological polar surface area (TPSA) is 46.8 Å². The number of anilines is 1. The van der Waals surface area contributed by atoms with Gasteiger partial charge >= 0.3 is 0 Å². The zero-order valence-electron chi connectivity index (χ0n) is 14.0. The van der Waals surface area contributed by atoms with Crippen LogP contribution < -0.4 is 4.90 Å². The van der Waals surface area contributed by atoms with Crippen molar-refractivity contribution in [3.8, 4) is 5.69 Å². The second kappa shape index (κ2) is 7.86. The Kier molecular flexibility index (Phi) is 5.33. The van der Waals surface area contributed by atoms with Crippen LogP contribution in [0.25, 0.3) is 5.69 Å². The van der Waals surface area contributed by atoms with Gasteiger partial charge in [0, 0.05) is 30.1 Å². The average molecular weight is 406 g/mol.